The van der Waals surface area contributed by atoms with Crippen LogP contribution in [0.5, 0.6) is 0 Å². The number of carbonyl (C=O) groups excluding carboxylic acids is 1. The van der Waals surface area contributed by atoms with E-state index in [1.807, 2.05) is 4.57 Å². The Balaban J connectivity index is 1.21. The quantitative estimate of drug-likeness (QED) is 0.0722. The number of H-pyrrole nitrogens is 1. The van der Waals surface area contributed by atoms with Gasteiger partial charge in [-0.15, -0.1) is 0 Å². The van der Waals surface area contributed by atoms with E-state index in [0.717, 1.165) is 4.47 Å². The van der Waals surface area contributed by atoms with Crippen LogP contribution < -0.4 is 10.9 Å². The number of anilines is 1. The summed E-state index contributed by atoms with van der Waals surface area (Å²) in [6.45, 7) is 2.75. The summed E-state index contributed by atoms with van der Waals surface area (Å²) >= 11 is 0. The van der Waals surface area contributed by atoms with E-state index in [4.69, 9.17) is 14.1 Å². The Bertz CT molecular complexity index is 1920. The average Bonchev–Trinajstić information content (AvgIpc) is 3.81. The third-order valence-corrected chi connectivity index (χ3v) is 9.27. The predicted molar refractivity (Wildman–Crippen MR) is 162 cm³/mol. The zero-order valence-electron chi connectivity index (χ0n) is 25.1. The minimum atomic E-state index is -3.49. The van der Waals surface area contributed by atoms with Crippen LogP contribution >= 0.6 is 8.25 Å². The maximum absolute atomic E-state index is 12.7. The van der Waals surface area contributed by atoms with E-state index in [-0.39, 0.29) is 42.7 Å². The summed E-state index contributed by atoms with van der Waals surface area (Å²) < 4.78 is 51.8. The lowest BCUT2D eigenvalue weighted by Crippen LogP contribution is -2.37. The number of hydrogen-bond acceptors (Lipinski definition) is 14. The highest BCUT2D eigenvalue weighted by molar-refractivity contribution is 7.69. The van der Waals surface area contributed by atoms with E-state index in [1.165, 1.54) is 17.2 Å². The number of hydroxylamine groups is 1. The van der Waals surface area contributed by atoms with Crippen molar-refractivity contribution in [2.75, 3.05) is 18.5 Å². The molecule has 0 aromatic carbocycles. The van der Waals surface area contributed by atoms with Gasteiger partial charge >= 0.3 is 8.25 Å². The fraction of sp³-hybridized carbons (Fsp3) is 0.560. The molecule has 4 N–H and O–H groups in total. The number of rotatable bonds is 12. The van der Waals surface area contributed by atoms with Crippen LogP contribution in [-0.4, -0.2) is 99.3 Å². The van der Waals surface area contributed by atoms with Crippen molar-refractivity contribution in [2.24, 2.45) is 11.8 Å². The van der Waals surface area contributed by atoms with E-state index in [0.29, 0.717) is 24.0 Å². The summed E-state index contributed by atoms with van der Waals surface area (Å²) in [4.78, 5) is 63.9. The van der Waals surface area contributed by atoms with Crippen molar-refractivity contribution in [2.45, 2.75) is 63.7 Å². The van der Waals surface area contributed by atoms with Crippen molar-refractivity contribution in [3.63, 3.8) is 0 Å². The number of fused-ring (bicyclic) bond motifs is 2. The van der Waals surface area contributed by atoms with Crippen LogP contribution in [0.3, 0.4) is 0 Å². The van der Waals surface area contributed by atoms with E-state index >= 15 is 0 Å². The lowest BCUT2D eigenvalue weighted by Gasteiger charge is -2.25. The highest BCUT2D eigenvalue weighted by atomic mass is 32.2. The van der Waals surface area contributed by atoms with Crippen molar-refractivity contribution in [1.82, 2.24) is 43.5 Å². The molecule has 254 valence electrons. The molecule has 2 fully saturated rings. The Morgan fingerprint density at radius 3 is 2.70 bits per heavy atom. The fourth-order valence-electron chi connectivity index (χ4n) is 5.88. The first-order valence-corrected chi connectivity index (χ1v) is 17.1. The number of imidazole rings is 2. The maximum Gasteiger partial charge on any atom is 0.317 e. The number of carbonyl (C=O) groups is 1. The summed E-state index contributed by atoms with van der Waals surface area (Å²) in [5.74, 6) is -1.34. The van der Waals surface area contributed by atoms with Gasteiger partial charge in [0.2, 0.25) is 22.7 Å². The predicted octanol–water partition coefficient (Wildman–Crippen LogP) is -0.319. The molecule has 2 aliphatic rings. The van der Waals surface area contributed by atoms with E-state index in [2.05, 4.69) is 35.2 Å². The van der Waals surface area contributed by atoms with Crippen molar-refractivity contribution < 1.29 is 41.9 Å². The van der Waals surface area contributed by atoms with Crippen LogP contribution in [0.1, 0.15) is 45.4 Å². The second kappa shape index (κ2) is 13.8. The number of aromatic nitrogens is 8. The molecule has 1 aliphatic carbocycles. The van der Waals surface area contributed by atoms with Gasteiger partial charge in [-0.2, -0.15) is 4.98 Å². The molecule has 4 aromatic rings. The van der Waals surface area contributed by atoms with E-state index < -0.39 is 67.0 Å². The van der Waals surface area contributed by atoms with Crippen molar-refractivity contribution in [3.05, 3.63) is 35.5 Å². The summed E-state index contributed by atoms with van der Waals surface area (Å²) in [6, 6.07) is -0.184. The highest BCUT2D eigenvalue weighted by Gasteiger charge is 2.43. The molecule has 1 unspecified atom stereocenters. The van der Waals surface area contributed by atoms with Gasteiger partial charge in [-0.25, -0.2) is 28.4 Å². The SMILES string of the molecule is CC(C)C(=O)Nc1nc2c(ncn2[C@@H]2O[C@H](CN(O[C@H]3C[C@H](n4cnc5cncnc54)C[C@@H]3CO)[SH](=O)=O)C[C@H]2O[PH](=O)O)c(=O)[nH]1. The first-order valence-electron chi connectivity index (χ1n) is 14.7. The molecule has 0 bridgehead atoms. The molecule has 47 heavy (non-hydrogen) atoms. The Morgan fingerprint density at radius 2 is 1.98 bits per heavy atom. The Labute approximate surface area is 268 Å². The number of aromatic amines is 1. The topological polar surface area (TPSA) is 259 Å². The Kier molecular flexibility index (Phi) is 9.76. The Hall–Kier alpha value is -3.69. The normalized spacial score (nSPS) is 25.5. The molecule has 5 heterocycles. The van der Waals surface area contributed by atoms with Gasteiger partial charge < -0.3 is 23.8 Å². The number of nitrogens with zero attached hydrogens (tertiary/aromatic N) is 8. The summed E-state index contributed by atoms with van der Waals surface area (Å²) in [6.07, 6.45) is 2.80. The molecule has 7 atom stereocenters. The molecular formula is C25H33N10O10PS. The van der Waals surface area contributed by atoms with Gasteiger partial charge in [-0.1, -0.05) is 18.3 Å². The van der Waals surface area contributed by atoms with Crippen LogP contribution in [0, 0.1) is 11.8 Å². The molecule has 1 saturated heterocycles. The van der Waals surface area contributed by atoms with Crippen molar-refractivity contribution in [3.8, 4) is 0 Å². The second-order valence-corrected chi connectivity index (χ2v) is 13.2. The van der Waals surface area contributed by atoms with Gasteiger partial charge in [0.15, 0.2) is 23.0 Å². The van der Waals surface area contributed by atoms with Crippen LogP contribution in [0.15, 0.2) is 30.0 Å². The number of amides is 1. The zero-order chi connectivity index (χ0) is 33.4. The standard InChI is InChI=1S/C25H33N10O10PS/c1-12(2)22(37)31-25-30-21-19(23(38)32-25)29-11-34(21)24-18(45-46(39)40)5-15(43-24)7-35(47(41)42)44-17-4-14(3-13(17)8-36)33-10-28-16-6-26-9-27-20(16)33/h6,9-15,17-18,24,36,46-47H,3-5,7-8H2,1-2H3,(H,39,40)(H2,30,31,32,37,38)/t13-,14-,15+,17+,18-,24-/m1/s1. The third-order valence-electron chi connectivity index (χ3n) is 8.14. The third kappa shape index (κ3) is 6.97. The van der Waals surface area contributed by atoms with Gasteiger partial charge in [0.25, 0.3) is 5.56 Å². The molecule has 20 nitrogen and oxygen atoms in total. The molecule has 1 aliphatic heterocycles. The lowest BCUT2D eigenvalue weighted by atomic mass is 10.1. The highest BCUT2D eigenvalue weighted by Crippen LogP contribution is 2.40. The molecule has 0 radical (unpaired) electrons. The summed E-state index contributed by atoms with van der Waals surface area (Å²) in [7, 11) is -6.79. The van der Waals surface area contributed by atoms with Crippen molar-refractivity contribution >= 4 is 53.3 Å². The molecule has 0 spiro atoms. The second-order valence-electron chi connectivity index (χ2n) is 11.6. The number of aliphatic hydroxyl groups excluding tert-OH is 1. The number of aliphatic hydroxyl groups is 1. The smallest absolute Gasteiger partial charge is 0.317 e. The van der Waals surface area contributed by atoms with Gasteiger partial charge in [-0.05, 0) is 12.8 Å². The van der Waals surface area contributed by atoms with Crippen LogP contribution in [0.4, 0.5) is 5.95 Å². The first-order chi connectivity index (χ1) is 22.5. The largest absolute Gasteiger partial charge is 0.396 e. The van der Waals surface area contributed by atoms with Gasteiger partial charge in [-0.3, -0.25) is 33.9 Å². The van der Waals surface area contributed by atoms with Gasteiger partial charge in [0.1, 0.15) is 17.9 Å². The summed E-state index contributed by atoms with van der Waals surface area (Å²) in [5.41, 5.74) is 0.451. The lowest BCUT2D eigenvalue weighted by molar-refractivity contribution is -0.163. The average molecular weight is 697 g/mol. The van der Waals surface area contributed by atoms with E-state index in [1.54, 1.807) is 26.4 Å². The number of hydrogen-bond donors (Lipinski definition) is 5. The molecule has 4 aromatic heterocycles. The molecule has 1 saturated carbocycles. The molecule has 22 heteroatoms. The maximum atomic E-state index is 12.7. The van der Waals surface area contributed by atoms with Gasteiger partial charge in [0.05, 0.1) is 37.6 Å². The molecular weight excluding hydrogens is 663 g/mol. The first kappa shape index (κ1) is 33.2. The monoisotopic (exact) mass is 696 g/mol. The van der Waals surface area contributed by atoms with E-state index in [9.17, 15) is 32.6 Å². The number of nitrogens with one attached hydrogen (secondary N) is 2. The van der Waals surface area contributed by atoms with Crippen LogP contribution in [0.25, 0.3) is 22.3 Å². The number of ether oxygens (including phenoxy) is 1. The molecule has 1 amide bonds. The zero-order valence-corrected chi connectivity index (χ0v) is 27.0. The fourth-order valence-corrected chi connectivity index (χ4v) is 6.87. The number of thiol groups is 1. The summed E-state index contributed by atoms with van der Waals surface area (Å²) in [5, 5.41) is 12.6. The Morgan fingerprint density at radius 1 is 1.19 bits per heavy atom. The minimum Gasteiger partial charge on any atom is -0.396 e. The van der Waals surface area contributed by atoms with Crippen LogP contribution in [0.2, 0.25) is 0 Å². The minimum absolute atomic E-state index is 0.00671. The van der Waals surface area contributed by atoms with Gasteiger partial charge in [0, 0.05) is 30.9 Å². The van der Waals surface area contributed by atoms with Crippen molar-refractivity contribution in [1.29, 1.82) is 0 Å². The van der Waals surface area contributed by atoms with Crippen LogP contribution in [-0.2, 0) is 34.3 Å². The molecule has 6 rings (SSSR count).